The minimum atomic E-state index is 0.874. The van der Waals surface area contributed by atoms with E-state index in [9.17, 15) is 0 Å². The van der Waals surface area contributed by atoms with E-state index < -0.39 is 0 Å². The number of hydrogen-bond donors (Lipinski definition) is 0. The molecule has 0 aliphatic heterocycles. The number of anilines is 3. The summed E-state index contributed by atoms with van der Waals surface area (Å²) in [6.07, 6.45) is 0. The predicted octanol–water partition coefficient (Wildman–Crippen LogP) is 17.2. The normalized spacial score (nSPS) is 11.5. The van der Waals surface area contributed by atoms with Crippen LogP contribution in [0.15, 0.2) is 241 Å². The Morgan fingerprint density at radius 2 is 0.823 bits per heavy atom. The fourth-order valence-electron chi connectivity index (χ4n) is 9.74. The number of para-hydroxylation sites is 2. The van der Waals surface area contributed by atoms with Gasteiger partial charge in [-0.05, 0) is 96.7 Å². The molecule has 0 N–H and O–H groups in total. The van der Waals surface area contributed by atoms with Crippen LogP contribution in [-0.4, -0.2) is 0 Å². The van der Waals surface area contributed by atoms with E-state index in [0.717, 1.165) is 66.6 Å². The van der Waals surface area contributed by atoms with Crippen LogP contribution >= 0.6 is 0 Å². The molecule has 0 amide bonds. The number of fused-ring (bicyclic) bond motifs is 8. The van der Waals surface area contributed by atoms with Crippen LogP contribution in [0.4, 0.5) is 17.1 Å². The summed E-state index contributed by atoms with van der Waals surface area (Å²) in [7, 11) is 0. The maximum atomic E-state index is 6.75. The van der Waals surface area contributed by atoms with Gasteiger partial charge in [-0.25, -0.2) is 0 Å². The van der Waals surface area contributed by atoms with E-state index in [1.807, 2.05) is 0 Å². The van der Waals surface area contributed by atoms with Crippen molar-refractivity contribution in [3.05, 3.63) is 237 Å². The number of hydrogen-bond acceptors (Lipinski definition) is 2. The Bertz CT molecular complexity index is 3630. The van der Waals surface area contributed by atoms with Crippen molar-refractivity contribution in [2.75, 3.05) is 4.90 Å². The van der Waals surface area contributed by atoms with Gasteiger partial charge >= 0.3 is 0 Å². The van der Waals surface area contributed by atoms with Crippen LogP contribution in [-0.2, 0) is 0 Å². The molecule has 0 fully saturated rings. The molecule has 11 aromatic carbocycles. The number of nitrogens with zero attached hydrogens (tertiary/aromatic N) is 1. The number of rotatable bonds is 7. The average Bonchev–Trinajstić information content (AvgIpc) is 3.75. The van der Waals surface area contributed by atoms with Gasteiger partial charge in [-0.1, -0.05) is 200 Å². The molecule has 0 aliphatic rings. The van der Waals surface area contributed by atoms with Crippen molar-refractivity contribution in [3.63, 3.8) is 0 Å². The SMILES string of the molecule is c1ccc(-c2ccccc2N(c2ccc3c(c2)c(-c2ccccc2)c(-c2ccccc2)c2ccccc23)c2ccccc2-c2cccc3oc4c5ccccc5ccc4c23)cc1. The van der Waals surface area contributed by atoms with Gasteiger partial charge < -0.3 is 9.32 Å². The number of benzene rings is 11. The largest absolute Gasteiger partial charge is 0.455 e. The first-order valence-electron chi connectivity index (χ1n) is 21.3. The second kappa shape index (κ2) is 14.8. The zero-order valence-electron chi connectivity index (χ0n) is 33.9. The fourth-order valence-corrected chi connectivity index (χ4v) is 9.74. The van der Waals surface area contributed by atoms with Gasteiger partial charge in [-0.2, -0.15) is 0 Å². The van der Waals surface area contributed by atoms with Crippen LogP contribution in [0.25, 0.3) is 98.8 Å². The topological polar surface area (TPSA) is 16.4 Å². The Morgan fingerprint density at radius 1 is 0.306 bits per heavy atom. The van der Waals surface area contributed by atoms with Crippen LogP contribution in [0, 0.1) is 0 Å². The quantitative estimate of drug-likeness (QED) is 0.150. The molecular weight excluding hydrogens is 751 g/mol. The molecule has 62 heavy (non-hydrogen) atoms. The molecule has 0 radical (unpaired) electrons. The van der Waals surface area contributed by atoms with E-state index in [2.05, 4.69) is 241 Å². The highest BCUT2D eigenvalue weighted by molar-refractivity contribution is 6.23. The Kier molecular flexibility index (Phi) is 8.53. The number of furan rings is 1. The molecule has 12 rings (SSSR count). The van der Waals surface area contributed by atoms with Crippen molar-refractivity contribution in [1.82, 2.24) is 0 Å². The van der Waals surface area contributed by atoms with E-state index in [0.29, 0.717) is 0 Å². The smallest absolute Gasteiger partial charge is 0.143 e. The lowest BCUT2D eigenvalue weighted by Gasteiger charge is -2.30. The van der Waals surface area contributed by atoms with Crippen LogP contribution in [0.5, 0.6) is 0 Å². The first-order valence-corrected chi connectivity index (χ1v) is 21.3. The van der Waals surface area contributed by atoms with Crippen molar-refractivity contribution in [2.24, 2.45) is 0 Å². The Morgan fingerprint density at radius 3 is 1.55 bits per heavy atom. The van der Waals surface area contributed by atoms with E-state index >= 15 is 0 Å². The summed E-state index contributed by atoms with van der Waals surface area (Å²) in [6, 6.07) is 85.5. The van der Waals surface area contributed by atoms with Gasteiger partial charge in [0.05, 0.1) is 11.4 Å². The molecule has 290 valence electrons. The molecule has 0 aliphatic carbocycles. The lowest BCUT2D eigenvalue weighted by Crippen LogP contribution is -2.12. The lowest BCUT2D eigenvalue weighted by atomic mass is 9.84. The van der Waals surface area contributed by atoms with E-state index in [-0.39, 0.29) is 0 Å². The van der Waals surface area contributed by atoms with Gasteiger partial charge in [0.2, 0.25) is 0 Å². The highest BCUT2D eigenvalue weighted by Crippen LogP contribution is 2.50. The Labute approximate surface area is 360 Å². The third kappa shape index (κ3) is 5.80. The first-order chi connectivity index (χ1) is 30.8. The molecule has 1 aromatic heterocycles. The van der Waals surface area contributed by atoms with Gasteiger partial charge in [0.25, 0.3) is 0 Å². The first kappa shape index (κ1) is 35.7. The minimum Gasteiger partial charge on any atom is -0.455 e. The molecule has 2 heteroatoms. The van der Waals surface area contributed by atoms with Crippen LogP contribution in [0.3, 0.4) is 0 Å². The van der Waals surface area contributed by atoms with Crippen molar-refractivity contribution in [3.8, 4) is 44.5 Å². The van der Waals surface area contributed by atoms with Crippen molar-refractivity contribution < 1.29 is 4.42 Å². The summed E-state index contributed by atoms with van der Waals surface area (Å²) < 4.78 is 6.75. The van der Waals surface area contributed by atoms with Crippen molar-refractivity contribution >= 4 is 71.3 Å². The van der Waals surface area contributed by atoms with Gasteiger partial charge in [-0.3, -0.25) is 0 Å². The summed E-state index contributed by atoms with van der Waals surface area (Å²) >= 11 is 0. The van der Waals surface area contributed by atoms with Crippen LogP contribution in [0.1, 0.15) is 0 Å². The molecule has 0 bridgehead atoms. The van der Waals surface area contributed by atoms with E-state index in [1.54, 1.807) is 0 Å². The van der Waals surface area contributed by atoms with Crippen molar-refractivity contribution in [2.45, 2.75) is 0 Å². The van der Waals surface area contributed by atoms with Crippen molar-refractivity contribution in [1.29, 1.82) is 0 Å². The van der Waals surface area contributed by atoms with Crippen LogP contribution < -0.4 is 4.90 Å². The summed E-state index contributed by atoms with van der Waals surface area (Å²) in [5.41, 5.74) is 14.4. The summed E-state index contributed by atoms with van der Waals surface area (Å²) in [5.74, 6) is 0. The van der Waals surface area contributed by atoms with E-state index in [4.69, 9.17) is 4.42 Å². The van der Waals surface area contributed by atoms with Crippen LogP contribution in [0.2, 0.25) is 0 Å². The Balaban J connectivity index is 1.18. The predicted molar refractivity (Wildman–Crippen MR) is 263 cm³/mol. The Hall–Kier alpha value is -8.20. The van der Waals surface area contributed by atoms with Gasteiger partial charge in [0.15, 0.2) is 0 Å². The lowest BCUT2D eigenvalue weighted by molar-refractivity contribution is 0.673. The maximum Gasteiger partial charge on any atom is 0.143 e. The molecule has 0 atom stereocenters. The zero-order chi connectivity index (χ0) is 41.0. The van der Waals surface area contributed by atoms with Gasteiger partial charge in [-0.15, -0.1) is 0 Å². The molecule has 0 spiro atoms. The zero-order valence-corrected chi connectivity index (χ0v) is 33.9. The third-order valence-corrected chi connectivity index (χ3v) is 12.4. The second-order valence-corrected chi connectivity index (χ2v) is 15.9. The monoisotopic (exact) mass is 789 g/mol. The fraction of sp³-hybridized carbons (Fsp3) is 0. The molecular formula is C60H39NO. The summed E-state index contributed by atoms with van der Waals surface area (Å²) in [5, 5.41) is 9.39. The molecule has 12 aromatic rings. The third-order valence-electron chi connectivity index (χ3n) is 12.4. The minimum absolute atomic E-state index is 0.874. The molecule has 0 saturated heterocycles. The molecule has 0 saturated carbocycles. The summed E-state index contributed by atoms with van der Waals surface area (Å²) in [6.45, 7) is 0. The summed E-state index contributed by atoms with van der Waals surface area (Å²) in [4.78, 5) is 2.47. The van der Waals surface area contributed by atoms with Gasteiger partial charge in [0.1, 0.15) is 11.2 Å². The second-order valence-electron chi connectivity index (χ2n) is 15.9. The highest BCUT2D eigenvalue weighted by atomic mass is 16.3. The average molecular weight is 790 g/mol. The van der Waals surface area contributed by atoms with E-state index in [1.165, 1.54) is 49.2 Å². The molecule has 0 unspecified atom stereocenters. The highest BCUT2D eigenvalue weighted by Gasteiger charge is 2.25. The molecule has 2 nitrogen and oxygen atoms in total. The van der Waals surface area contributed by atoms with Gasteiger partial charge in [0, 0.05) is 33.0 Å². The maximum absolute atomic E-state index is 6.75. The standard InChI is InChI=1S/C60H39NO/c1-4-19-40(20-5-1)45-26-14-16-32-54(45)61(55-33-17-15-29-49(55)51-31-18-34-56-59(51)52-37-35-41-21-10-11-27-46(41)60(52)62-56)44-36-38-48-47-28-12-13-30-50(47)57(42-22-6-2-7-23-42)58(53(48)39-44)43-24-8-3-9-25-43/h1-39H. The molecule has 1 heterocycles.